The molecule has 0 saturated heterocycles. The highest BCUT2D eigenvalue weighted by Gasteiger charge is 2.58. The molecule has 6 atom stereocenters. The van der Waals surface area contributed by atoms with Crippen molar-refractivity contribution in [2.75, 3.05) is 7.11 Å². The average Bonchev–Trinajstić information content (AvgIpc) is 3.37. The van der Waals surface area contributed by atoms with Crippen LogP contribution in [0.2, 0.25) is 0 Å². The van der Waals surface area contributed by atoms with Crippen LogP contribution in [-0.4, -0.2) is 29.6 Å². The van der Waals surface area contributed by atoms with Crippen molar-refractivity contribution in [1.82, 2.24) is 4.98 Å². The van der Waals surface area contributed by atoms with Gasteiger partial charge in [-0.15, -0.1) is 11.8 Å². The van der Waals surface area contributed by atoms with Gasteiger partial charge in [0.25, 0.3) is 0 Å². The maximum absolute atomic E-state index is 12.1. The predicted octanol–water partition coefficient (Wildman–Crippen LogP) is 3.30. The third-order valence-corrected chi connectivity index (χ3v) is 9.09. The number of thioether (sulfide) groups is 1. The van der Waals surface area contributed by atoms with Gasteiger partial charge in [0.1, 0.15) is 6.29 Å². The molecule has 3 aliphatic rings. The Morgan fingerprint density at radius 1 is 1.26 bits per heavy atom. The van der Waals surface area contributed by atoms with Crippen molar-refractivity contribution < 1.29 is 14.3 Å². The number of carbonyl (C=O) groups is 2. The molecular formula is C20H19NO4S2. The van der Waals surface area contributed by atoms with Crippen molar-refractivity contribution >= 4 is 35.4 Å². The van der Waals surface area contributed by atoms with Crippen LogP contribution in [0.1, 0.15) is 39.6 Å². The Morgan fingerprint density at radius 3 is 2.74 bits per heavy atom. The molecule has 5 nitrogen and oxygen atoms in total. The Kier molecular flexibility index (Phi) is 4.05. The summed E-state index contributed by atoms with van der Waals surface area (Å²) in [4.78, 5) is 39.5. The SMILES string of the molecule is COC(=O)c1ccc([C@H]2c3sc(=O)[nH]c3SC3C4CC(C=O)C(C4)C32)cc1. The van der Waals surface area contributed by atoms with E-state index in [1.807, 2.05) is 12.1 Å². The Bertz CT molecular complexity index is 963. The van der Waals surface area contributed by atoms with E-state index in [4.69, 9.17) is 4.74 Å². The fraction of sp³-hybridized carbons (Fsp3) is 0.450. The Labute approximate surface area is 164 Å². The highest BCUT2D eigenvalue weighted by atomic mass is 32.2. The summed E-state index contributed by atoms with van der Waals surface area (Å²) in [6.45, 7) is 0. The molecule has 1 aromatic carbocycles. The van der Waals surface area contributed by atoms with Gasteiger partial charge in [0.05, 0.1) is 17.7 Å². The van der Waals surface area contributed by atoms with E-state index in [9.17, 15) is 14.4 Å². The standard InChI is InChI=1S/C20H19NO4S2/c1-25-19(23)10-4-2-9(3-5-10)14-15-13-7-11(6-12(13)8-22)16(15)26-18-17(14)27-20(24)21-18/h2-5,8,11-16H,6-7H2,1H3,(H,21,24)/t11?,12?,13?,14-,15?,16?/m1/s1. The van der Waals surface area contributed by atoms with E-state index in [2.05, 4.69) is 4.98 Å². The van der Waals surface area contributed by atoms with Gasteiger partial charge in [-0.05, 0) is 48.3 Å². The van der Waals surface area contributed by atoms with Crippen LogP contribution in [0.5, 0.6) is 0 Å². The number of methoxy groups -OCH3 is 1. The van der Waals surface area contributed by atoms with E-state index in [0.29, 0.717) is 28.6 Å². The number of aromatic amines is 1. The maximum Gasteiger partial charge on any atom is 0.337 e. The highest BCUT2D eigenvalue weighted by molar-refractivity contribution is 8.00. The molecule has 0 spiro atoms. The number of benzene rings is 1. The molecule has 7 heteroatoms. The summed E-state index contributed by atoms with van der Waals surface area (Å²) in [6, 6.07) is 7.52. The second-order valence-electron chi connectivity index (χ2n) is 7.65. The monoisotopic (exact) mass is 401 g/mol. The van der Waals surface area contributed by atoms with Crippen LogP contribution >= 0.6 is 23.1 Å². The Hall–Kier alpha value is -1.86. The summed E-state index contributed by atoms with van der Waals surface area (Å²) in [5.41, 5.74) is 1.62. The Morgan fingerprint density at radius 2 is 2.04 bits per heavy atom. The molecule has 0 radical (unpaired) electrons. The number of rotatable bonds is 3. The summed E-state index contributed by atoms with van der Waals surface area (Å²) < 4.78 is 4.79. The van der Waals surface area contributed by atoms with Gasteiger partial charge in [-0.1, -0.05) is 23.5 Å². The second-order valence-corrected chi connectivity index (χ2v) is 9.86. The molecule has 2 aliphatic carbocycles. The van der Waals surface area contributed by atoms with Crippen molar-refractivity contribution in [2.45, 2.75) is 29.0 Å². The molecule has 2 heterocycles. The number of carbonyl (C=O) groups excluding carboxylic acids is 2. The van der Waals surface area contributed by atoms with Crippen LogP contribution in [0.15, 0.2) is 34.1 Å². The quantitative estimate of drug-likeness (QED) is 0.631. The van der Waals surface area contributed by atoms with E-state index >= 15 is 0 Å². The van der Waals surface area contributed by atoms with Gasteiger partial charge in [-0.25, -0.2) is 4.79 Å². The van der Waals surface area contributed by atoms with Crippen LogP contribution in [-0.2, 0) is 9.53 Å². The average molecular weight is 402 g/mol. The topological polar surface area (TPSA) is 76.2 Å². The minimum absolute atomic E-state index is 0.0251. The molecule has 1 N–H and O–H groups in total. The van der Waals surface area contributed by atoms with Gasteiger partial charge < -0.3 is 14.5 Å². The molecule has 140 valence electrons. The first-order chi connectivity index (χ1) is 13.1. The van der Waals surface area contributed by atoms with E-state index in [-0.39, 0.29) is 22.7 Å². The van der Waals surface area contributed by atoms with Crippen LogP contribution in [0.3, 0.4) is 0 Å². The first-order valence-corrected chi connectivity index (χ1v) is 10.8. The molecule has 2 bridgehead atoms. The van der Waals surface area contributed by atoms with Gasteiger partial charge in [0, 0.05) is 22.0 Å². The molecule has 5 unspecified atom stereocenters. The molecule has 5 rings (SSSR count). The summed E-state index contributed by atoms with van der Waals surface area (Å²) in [5, 5.41) is 1.43. The third-order valence-electron chi connectivity index (χ3n) is 6.47. The van der Waals surface area contributed by atoms with E-state index in [1.165, 1.54) is 18.4 Å². The normalized spacial score (nSPS) is 33.4. The first kappa shape index (κ1) is 17.3. The number of ether oxygens (including phenoxy) is 1. The van der Waals surface area contributed by atoms with E-state index < -0.39 is 0 Å². The van der Waals surface area contributed by atoms with Crippen molar-refractivity contribution in [1.29, 1.82) is 0 Å². The number of hydrogen-bond acceptors (Lipinski definition) is 6. The minimum atomic E-state index is -0.355. The molecule has 27 heavy (non-hydrogen) atoms. The van der Waals surface area contributed by atoms with Crippen LogP contribution in [0, 0.1) is 23.7 Å². The largest absolute Gasteiger partial charge is 0.465 e. The van der Waals surface area contributed by atoms with Crippen molar-refractivity contribution in [3.8, 4) is 0 Å². The summed E-state index contributed by atoms with van der Waals surface area (Å²) >= 11 is 3.08. The molecule has 1 aliphatic heterocycles. The number of hydrogen-bond donors (Lipinski definition) is 1. The molecule has 0 amide bonds. The Balaban J connectivity index is 1.60. The smallest absolute Gasteiger partial charge is 0.337 e. The fourth-order valence-corrected chi connectivity index (χ4v) is 8.28. The number of H-pyrrole nitrogens is 1. The molecule has 2 fully saturated rings. The van der Waals surface area contributed by atoms with Gasteiger partial charge in [-0.3, -0.25) is 4.79 Å². The lowest BCUT2D eigenvalue weighted by molar-refractivity contribution is -0.113. The number of thiazole rings is 1. The summed E-state index contributed by atoms with van der Waals surface area (Å²) in [7, 11) is 1.37. The molecule has 1 aromatic heterocycles. The molecule has 2 aromatic rings. The third kappa shape index (κ3) is 2.55. The zero-order valence-electron chi connectivity index (χ0n) is 14.7. The fourth-order valence-electron chi connectivity index (χ4n) is 5.43. The number of esters is 1. The maximum atomic E-state index is 12.1. The molecular weight excluding hydrogens is 382 g/mol. The minimum Gasteiger partial charge on any atom is -0.465 e. The lowest BCUT2D eigenvalue weighted by atomic mass is 9.71. The van der Waals surface area contributed by atoms with Gasteiger partial charge >= 0.3 is 10.8 Å². The number of fused-ring (bicyclic) bond motifs is 6. The predicted molar refractivity (Wildman–Crippen MR) is 103 cm³/mol. The number of nitrogens with one attached hydrogen (secondary N) is 1. The lowest BCUT2D eigenvalue weighted by Gasteiger charge is -2.41. The van der Waals surface area contributed by atoms with Gasteiger partial charge in [0.2, 0.25) is 0 Å². The molecule has 2 saturated carbocycles. The highest BCUT2D eigenvalue weighted by Crippen LogP contribution is 2.64. The summed E-state index contributed by atoms with van der Waals surface area (Å²) in [6.07, 6.45) is 3.21. The van der Waals surface area contributed by atoms with Crippen LogP contribution in [0.4, 0.5) is 0 Å². The number of aromatic nitrogens is 1. The van der Waals surface area contributed by atoms with Gasteiger partial charge in [-0.2, -0.15) is 0 Å². The van der Waals surface area contributed by atoms with Crippen molar-refractivity contribution in [3.05, 3.63) is 49.9 Å². The summed E-state index contributed by atoms with van der Waals surface area (Å²) in [5.74, 6) is 1.14. The lowest BCUT2D eigenvalue weighted by Crippen LogP contribution is -2.37. The zero-order valence-corrected chi connectivity index (χ0v) is 16.3. The van der Waals surface area contributed by atoms with E-state index in [1.54, 1.807) is 23.9 Å². The first-order valence-electron chi connectivity index (χ1n) is 9.14. The van der Waals surface area contributed by atoms with Crippen LogP contribution in [0.25, 0.3) is 0 Å². The van der Waals surface area contributed by atoms with Crippen molar-refractivity contribution in [2.24, 2.45) is 23.7 Å². The van der Waals surface area contributed by atoms with Crippen LogP contribution < -0.4 is 4.87 Å². The van der Waals surface area contributed by atoms with Gasteiger partial charge in [0.15, 0.2) is 0 Å². The number of aldehydes is 1. The second kappa shape index (κ2) is 6.34. The van der Waals surface area contributed by atoms with E-state index in [0.717, 1.165) is 34.6 Å². The zero-order chi connectivity index (χ0) is 18.7. The van der Waals surface area contributed by atoms with Crippen molar-refractivity contribution in [3.63, 3.8) is 0 Å².